The van der Waals surface area contributed by atoms with Crippen LogP contribution in [0.15, 0.2) is 60.7 Å². The lowest BCUT2D eigenvalue weighted by Crippen LogP contribution is -2.60. The summed E-state index contributed by atoms with van der Waals surface area (Å²) in [6.07, 6.45) is 0.229. The second kappa shape index (κ2) is 6.83. The molecule has 0 aliphatic heterocycles. The summed E-state index contributed by atoms with van der Waals surface area (Å²) in [5, 5.41) is 31.0. The van der Waals surface area contributed by atoms with E-state index in [9.17, 15) is 20.1 Å². The summed E-state index contributed by atoms with van der Waals surface area (Å²) in [5.41, 5.74) is -2.59. The Hall–Kier alpha value is -2.01. The van der Waals surface area contributed by atoms with Crippen LogP contribution in [0.5, 0.6) is 0 Å². The Bertz CT molecular complexity index is 599. The van der Waals surface area contributed by atoms with Crippen LogP contribution in [-0.4, -0.2) is 39.4 Å². The zero-order chi connectivity index (χ0) is 16.1. The van der Waals surface area contributed by atoms with Gasteiger partial charge in [0.2, 0.25) is 0 Å². The molecule has 0 heterocycles. The largest absolute Gasteiger partial charge is 0.393 e. The van der Waals surface area contributed by atoms with Crippen molar-refractivity contribution in [2.24, 2.45) is 0 Å². The smallest absolute Gasteiger partial charge is 0.155 e. The van der Waals surface area contributed by atoms with Gasteiger partial charge in [0.05, 0.1) is 6.61 Å². The minimum atomic E-state index is -2.07. The highest BCUT2D eigenvalue weighted by molar-refractivity contribution is 5.66. The van der Waals surface area contributed by atoms with Gasteiger partial charge in [-0.1, -0.05) is 60.7 Å². The average Bonchev–Trinajstić information content (AvgIpc) is 2.56. The molecule has 0 saturated carbocycles. The number of rotatable bonds is 7. The van der Waals surface area contributed by atoms with Crippen molar-refractivity contribution in [3.05, 3.63) is 71.8 Å². The third kappa shape index (κ3) is 3.42. The van der Waals surface area contributed by atoms with Crippen molar-refractivity contribution in [3.8, 4) is 0 Å². The second-order valence-corrected chi connectivity index (χ2v) is 5.56. The Balaban J connectivity index is 2.30. The lowest BCUT2D eigenvalue weighted by molar-refractivity contribution is -0.173. The summed E-state index contributed by atoms with van der Waals surface area (Å²) in [5.74, 6) is 0. The Morgan fingerprint density at radius 2 is 1.27 bits per heavy atom. The normalized spacial score (nSPS) is 16.5. The van der Waals surface area contributed by atoms with Crippen molar-refractivity contribution < 1.29 is 20.1 Å². The quantitative estimate of drug-likeness (QED) is 0.670. The molecule has 0 unspecified atom stereocenters. The third-order valence-electron chi connectivity index (χ3n) is 3.92. The molecule has 116 valence electrons. The van der Waals surface area contributed by atoms with Crippen LogP contribution in [0.1, 0.15) is 11.1 Å². The van der Waals surface area contributed by atoms with Crippen LogP contribution in [-0.2, 0) is 17.6 Å². The first-order valence-electron chi connectivity index (χ1n) is 7.13. The van der Waals surface area contributed by atoms with Crippen LogP contribution in [0.25, 0.3) is 0 Å². The number of hydrogen-bond donors (Lipinski definition) is 3. The van der Waals surface area contributed by atoms with Crippen LogP contribution in [0.2, 0.25) is 0 Å². The zero-order valence-corrected chi connectivity index (χ0v) is 12.2. The van der Waals surface area contributed by atoms with Crippen molar-refractivity contribution in [2.45, 2.75) is 24.0 Å². The van der Waals surface area contributed by atoms with Crippen LogP contribution in [0.4, 0.5) is 0 Å². The fraction of sp³-hybridized carbons (Fsp3) is 0.278. The van der Waals surface area contributed by atoms with Gasteiger partial charge in [0.25, 0.3) is 0 Å². The molecule has 0 aliphatic carbocycles. The van der Waals surface area contributed by atoms with Crippen molar-refractivity contribution in [1.82, 2.24) is 0 Å². The third-order valence-corrected chi connectivity index (χ3v) is 3.92. The number of aliphatic hydroxyl groups excluding tert-OH is 1. The lowest BCUT2D eigenvalue weighted by atomic mass is 9.76. The molecule has 4 heteroatoms. The summed E-state index contributed by atoms with van der Waals surface area (Å²) < 4.78 is 0. The molecule has 2 aromatic rings. The Morgan fingerprint density at radius 1 is 0.818 bits per heavy atom. The molecule has 22 heavy (non-hydrogen) atoms. The molecule has 0 aliphatic rings. The Morgan fingerprint density at radius 3 is 1.68 bits per heavy atom. The van der Waals surface area contributed by atoms with Crippen molar-refractivity contribution in [3.63, 3.8) is 0 Å². The summed E-state index contributed by atoms with van der Waals surface area (Å²) in [4.78, 5) is 11.5. The first-order chi connectivity index (χ1) is 10.5. The van der Waals surface area contributed by atoms with E-state index in [-0.39, 0.29) is 12.8 Å². The van der Waals surface area contributed by atoms with E-state index in [1.165, 1.54) is 0 Å². The fourth-order valence-electron chi connectivity index (χ4n) is 2.50. The molecular formula is C18H20O4. The second-order valence-electron chi connectivity index (χ2n) is 5.56. The van der Waals surface area contributed by atoms with Crippen molar-refractivity contribution in [2.75, 3.05) is 6.61 Å². The van der Waals surface area contributed by atoms with Gasteiger partial charge in [-0.15, -0.1) is 0 Å². The number of carbonyl (C=O) groups excluding carboxylic acids is 1. The molecule has 0 bridgehead atoms. The molecule has 0 saturated heterocycles. The predicted octanol–water partition coefficient (Wildman–Crippen LogP) is 1.13. The highest BCUT2D eigenvalue weighted by Crippen LogP contribution is 2.28. The Labute approximate surface area is 129 Å². The van der Waals surface area contributed by atoms with Crippen LogP contribution >= 0.6 is 0 Å². The standard InChI is InChI=1S/C18H20O4/c19-13-17(21,11-15-7-3-1-4-8-15)18(22,14-20)12-16-9-5-2-6-10-16/h1-10,13,20-22H,11-12,14H2/t17-,18+/m0/s1. The van der Waals surface area contributed by atoms with Crippen LogP contribution < -0.4 is 0 Å². The molecule has 4 nitrogen and oxygen atoms in total. The summed E-state index contributed by atoms with van der Waals surface area (Å²) >= 11 is 0. The number of hydrogen-bond acceptors (Lipinski definition) is 4. The summed E-state index contributed by atoms with van der Waals surface area (Å²) in [6.45, 7) is -0.718. The maximum absolute atomic E-state index is 11.5. The van der Waals surface area contributed by atoms with Gasteiger partial charge in [-0.2, -0.15) is 0 Å². The highest BCUT2D eigenvalue weighted by Gasteiger charge is 2.49. The van der Waals surface area contributed by atoms with E-state index in [2.05, 4.69) is 0 Å². The number of benzene rings is 2. The van der Waals surface area contributed by atoms with Crippen molar-refractivity contribution >= 4 is 6.29 Å². The highest BCUT2D eigenvalue weighted by atomic mass is 16.4. The van der Waals surface area contributed by atoms with Crippen LogP contribution in [0.3, 0.4) is 0 Å². The molecule has 2 atom stereocenters. The topological polar surface area (TPSA) is 77.8 Å². The van der Waals surface area contributed by atoms with Crippen LogP contribution in [0, 0.1) is 0 Å². The first-order valence-corrected chi connectivity index (χ1v) is 7.13. The van der Waals surface area contributed by atoms with Gasteiger partial charge < -0.3 is 20.1 Å². The van der Waals surface area contributed by atoms with E-state index >= 15 is 0 Å². The molecule has 0 aromatic heterocycles. The fourth-order valence-corrected chi connectivity index (χ4v) is 2.50. The van der Waals surface area contributed by atoms with E-state index in [4.69, 9.17) is 0 Å². The Kier molecular flexibility index (Phi) is 5.08. The van der Waals surface area contributed by atoms with E-state index < -0.39 is 17.8 Å². The number of carbonyl (C=O) groups is 1. The number of aldehydes is 1. The van der Waals surface area contributed by atoms with Gasteiger partial charge in [0.1, 0.15) is 5.60 Å². The SMILES string of the molecule is O=C[C@@](O)(Cc1ccccc1)[C@](O)(CO)Cc1ccccc1. The van der Waals surface area contributed by atoms with E-state index in [1.807, 2.05) is 12.1 Å². The van der Waals surface area contributed by atoms with Crippen molar-refractivity contribution in [1.29, 1.82) is 0 Å². The molecule has 0 spiro atoms. The van der Waals surface area contributed by atoms with Gasteiger partial charge >= 0.3 is 0 Å². The molecule has 0 amide bonds. The van der Waals surface area contributed by atoms with E-state index in [1.54, 1.807) is 48.5 Å². The monoisotopic (exact) mass is 300 g/mol. The number of aliphatic hydroxyl groups is 3. The molecule has 2 rings (SSSR count). The zero-order valence-electron chi connectivity index (χ0n) is 12.2. The van der Waals surface area contributed by atoms with Gasteiger partial charge in [-0.3, -0.25) is 0 Å². The van der Waals surface area contributed by atoms with E-state index in [0.29, 0.717) is 11.8 Å². The van der Waals surface area contributed by atoms with Gasteiger partial charge in [-0.05, 0) is 11.1 Å². The first kappa shape index (κ1) is 16.4. The van der Waals surface area contributed by atoms with Gasteiger partial charge in [0.15, 0.2) is 11.9 Å². The maximum Gasteiger partial charge on any atom is 0.155 e. The molecule has 3 N–H and O–H groups in total. The summed E-state index contributed by atoms with van der Waals surface area (Å²) in [6, 6.07) is 17.9. The predicted molar refractivity (Wildman–Crippen MR) is 83.3 cm³/mol. The average molecular weight is 300 g/mol. The van der Waals surface area contributed by atoms with Gasteiger partial charge in [-0.25, -0.2) is 0 Å². The molecule has 0 fully saturated rings. The molecular weight excluding hydrogens is 280 g/mol. The van der Waals surface area contributed by atoms with E-state index in [0.717, 1.165) is 5.56 Å². The molecule has 2 aromatic carbocycles. The summed E-state index contributed by atoms with van der Waals surface area (Å²) in [7, 11) is 0. The lowest BCUT2D eigenvalue weighted by Gasteiger charge is -2.39. The minimum Gasteiger partial charge on any atom is -0.393 e. The maximum atomic E-state index is 11.5. The van der Waals surface area contributed by atoms with Gasteiger partial charge in [0, 0.05) is 12.8 Å². The minimum absolute atomic E-state index is 0.0214. The molecule has 0 radical (unpaired) electrons.